The number of alkyl halides is 1. The molecule has 0 saturated heterocycles. The Morgan fingerprint density at radius 2 is 1.84 bits per heavy atom. The van der Waals surface area contributed by atoms with E-state index >= 15 is 0 Å². The number of carbonyl (C=O) groups excluding carboxylic acids is 1. The largest absolute Gasteiger partial charge is 0.491 e. The Kier molecular flexibility index (Phi) is 6.39. The minimum atomic E-state index is -0.555. The minimum Gasteiger partial charge on any atom is -0.491 e. The number of anilines is 1. The Balaban J connectivity index is 1.42. The first-order chi connectivity index (χ1) is 15.1. The second-order valence-corrected chi connectivity index (χ2v) is 8.21. The van der Waals surface area contributed by atoms with Crippen LogP contribution in [-0.2, 0) is 18.4 Å². The molecule has 0 unspecified atom stereocenters. The zero-order valence-electron chi connectivity index (χ0n) is 17.7. The van der Waals surface area contributed by atoms with E-state index in [1.54, 1.807) is 22.2 Å². The van der Waals surface area contributed by atoms with Gasteiger partial charge in [0.2, 0.25) is 5.91 Å². The molecule has 3 aromatic rings. The number of fused-ring (bicyclic) bond motifs is 1. The summed E-state index contributed by atoms with van der Waals surface area (Å²) in [6.45, 7) is 0.0497. The van der Waals surface area contributed by atoms with Crippen molar-refractivity contribution in [1.82, 2.24) is 9.13 Å². The normalized spacial score (nSPS) is 18.8. The molecular weight excluding hydrogens is 397 g/mol. The van der Waals surface area contributed by atoms with Crippen LogP contribution in [0.5, 0.6) is 5.75 Å². The van der Waals surface area contributed by atoms with Crippen LogP contribution >= 0.6 is 0 Å². The highest BCUT2D eigenvalue weighted by atomic mass is 19.1. The topological polar surface area (TPSA) is 65.3 Å². The molecule has 1 fully saturated rings. The van der Waals surface area contributed by atoms with E-state index < -0.39 is 6.67 Å². The zero-order chi connectivity index (χ0) is 21.8. The number of amides is 1. The number of nitrogens with zero attached hydrogens (tertiary/aromatic N) is 2. The molecule has 6 nitrogen and oxygen atoms in total. The Labute approximate surface area is 180 Å². The van der Waals surface area contributed by atoms with Gasteiger partial charge >= 0.3 is 5.69 Å². The lowest BCUT2D eigenvalue weighted by atomic mass is 9.81. The highest BCUT2D eigenvalue weighted by Gasteiger charge is 2.27. The Morgan fingerprint density at radius 1 is 1.10 bits per heavy atom. The van der Waals surface area contributed by atoms with Crippen molar-refractivity contribution in [1.29, 1.82) is 0 Å². The fourth-order valence-corrected chi connectivity index (χ4v) is 4.44. The van der Waals surface area contributed by atoms with Crippen LogP contribution < -0.4 is 15.7 Å². The number of aryl methyl sites for hydroxylation is 1. The highest BCUT2D eigenvalue weighted by Crippen LogP contribution is 2.31. The molecule has 2 aromatic carbocycles. The maximum Gasteiger partial charge on any atom is 0.328 e. The van der Waals surface area contributed by atoms with E-state index in [1.807, 2.05) is 42.5 Å². The van der Waals surface area contributed by atoms with Gasteiger partial charge in [0.15, 0.2) is 0 Å². The average Bonchev–Trinajstić information content (AvgIpc) is 3.03. The first-order valence-corrected chi connectivity index (χ1v) is 10.8. The van der Waals surface area contributed by atoms with Crippen LogP contribution in [0.25, 0.3) is 11.0 Å². The van der Waals surface area contributed by atoms with Crippen molar-refractivity contribution in [2.75, 3.05) is 18.6 Å². The summed E-state index contributed by atoms with van der Waals surface area (Å²) in [6.07, 6.45) is 3.42. The standard InChI is InChI=1S/C24H28FN3O3/c1-27-21-12-11-20(31-14-13-25)15-22(21)28(24(27)30)16-17-7-9-18(10-8-17)23(29)26-19-5-3-2-4-6-19/h2-6,11-12,15,17-18H,7-10,13-14,16H2,1H3,(H,26,29). The number of nitrogens with one attached hydrogen (secondary N) is 1. The fraction of sp³-hybridized carbons (Fsp3) is 0.417. The molecular formula is C24H28FN3O3. The third-order valence-corrected chi connectivity index (χ3v) is 6.16. The van der Waals surface area contributed by atoms with Crippen LogP contribution in [0.15, 0.2) is 53.3 Å². The molecule has 0 radical (unpaired) electrons. The summed E-state index contributed by atoms with van der Waals surface area (Å²) in [7, 11) is 1.76. The summed E-state index contributed by atoms with van der Waals surface area (Å²) >= 11 is 0. The van der Waals surface area contributed by atoms with Gasteiger partial charge in [-0.2, -0.15) is 0 Å². The molecule has 164 valence electrons. The number of benzene rings is 2. The average molecular weight is 426 g/mol. The lowest BCUT2D eigenvalue weighted by molar-refractivity contribution is -0.121. The van der Waals surface area contributed by atoms with Gasteiger partial charge in [0.05, 0.1) is 11.0 Å². The summed E-state index contributed by atoms with van der Waals surface area (Å²) in [5.74, 6) is 0.966. The molecule has 1 saturated carbocycles. The number of para-hydroxylation sites is 1. The Bertz CT molecular complexity index is 1100. The smallest absolute Gasteiger partial charge is 0.328 e. The number of aromatic nitrogens is 2. The quantitative estimate of drug-likeness (QED) is 0.619. The number of halogens is 1. The maximum atomic E-state index is 12.8. The molecule has 0 atom stereocenters. The number of ether oxygens (including phenoxy) is 1. The van der Waals surface area contributed by atoms with Gasteiger partial charge in [0.25, 0.3) is 0 Å². The molecule has 0 aliphatic heterocycles. The van der Waals surface area contributed by atoms with Crippen LogP contribution in [0.3, 0.4) is 0 Å². The number of hydrogen-bond acceptors (Lipinski definition) is 3. The van der Waals surface area contributed by atoms with E-state index in [4.69, 9.17) is 4.74 Å². The predicted octanol–water partition coefficient (Wildman–Crippen LogP) is 4.13. The second-order valence-electron chi connectivity index (χ2n) is 8.21. The first kappa shape index (κ1) is 21.2. The molecule has 1 aliphatic rings. The third kappa shape index (κ3) is 4.65. The monoisotopic (exact) mass is 425 g/mol. The van der Waals surface area contributed by atoms with Crippen LogP contribution in [0.4, 0.5) is 10.1 Å². The minimum absolute atomic E-state index is 0.00130. The second kappa shape index (κ2) is 9.37. The number of carbonyl (C=O) groups is 1. The molecule has 4 rings (SSSR count). The van der Waals surface area contributed by atoms with Gasteiger partial charge in [-0.05, 0) is 55.9 Å². The SMILES string of the molecule is Cn1c(=O)n(CC2CCC(C(=O)Nc3ccccc3)CC2)c2cc(OCCF)ccc21. The van der Waals surface area contributed by atoms with Gasteiger partial charge in [-0.1, -0.05) is 18.2 Å². The molecule has 1 aliphatic carbocycles. The first-order valence-electron chi connectivity index (χ1n) is 10.8. The van der Waals surface area contributed by atoms with Crippen molar-refractivity contribution in [3.63, 3.8) is 0 Å². The molecule has 1 amide bonds. The molecule has 1 aromatic heterocycles. The summed E-state index contributed by atoms with van der Waals surface area (Å²) in [4.78, 5) is 25.4. The number of hydrogen-bond donors (Lipinski definition) is 1. The van der Waals surface area contributed by atoms with Gasteiger partial charge in [-0.15, -0.1) is 0 Å². The van der Waals surface area contributed by atoms with Crippen molar-refractivity contribution in [3.8, 4) is 5.75 Å². The molecule has 7 heteroatoms. The summed E-state index contributed by atoms with van der Waals surface area (Å²) in [5, 5.41) is 3.00. The van der Waals surface area contributed by atoms with Crippen molar-refractivity contribution in [2.45, 2.75) is 32.2 Å². The molecule has 31 heavy (non-hydrogen) atoms. The van der Waals surface area contributed by atoms with Crippen LogP contribution in [-0.4, -0.2) is 28.3 Å². The fourth-order valence-electron chi connectivity index (χ4n) is 4.44. The van der Waals surface area contributed by atoms with E-state index in [0.29, 0.717) is 18.2 Å². The zero-order valence-corrected chi connectivity index (χ0v) is 17.7. The van der Waals surface area contributed by atoms with Crippen LogP contribution in [0, 0.1) is 11.8 Å². The lowest BCUT2D eigenvalue weighted by Gasteiger charge is -2.28. The van der Waals surface area contributed by atoms with Crippen molar-refractivity contribution >= 4 is 22.6 Å². The van der Waals surface area contributed by atoms with Crippen LogP contribution in [0.2, 0.25) is 0 Å². The summed E-state index contributed by atoms with van der Waals surface area (Å²) in [6, 6.07) is 14.9. The highest BCUT2D eigenvalue weighted by molar-refractivity contribution is 5.92. The number of imidazole rings is 1. The van der Waals surface area contributed by atoms with E-state index in [1.165, 1.54) is 0 Å². The predicted molar refractivity (Wildman–Crippen MR) is 119 cm³/mol. The van der Waals surface area contributed by atoms with E-state index in [0.717, 1.165) is 42.4 Å². The third-order valence-electron chi connectivity index (χ3n) is 6.16. The molecule has 0 bridgehead atoms. The summed E-state index contributed by atoms with van der Waals surface area (Å²) in [5.41, 5.74) is 2.38. The Hall–Kier alpha value is -3.09. The molecule has 0 spiro atoms. The van der Waals surface area contributed by atoms with Crippen molar-refractivity contribution < 1.29 is 13.9 Å². The molecule has 1 heterocycles. The lowest BCUT2D eigenvalue weighted by Crippen LogP contribution is -2.30. The van der Waals surface area contributed by atoms with E-state index in [9.17, 15) is 14.0 Å². The Morgan fingerprint density at radius 3 is 2.55 bits per heavy atom. The van der Waals surface area contributed by atoms with Crippen molar-refractivity contribution in [3.05, 3.63) is 59.0 Å². The van der Waals surface area contributed by atoms with Crippen molar-refractivity contribution in [2.24, 2.45) is 18.9 Å². The van der Waals surface area contributed by atoms with E-state index in [2.05, 4.69) is 5.32 Å². The van der Waals surface area contributed by atoms with Gasteiger partial charge in [-0.25, -0.2) is 9.18 Å². The summed E-state index contributed by atoms with van der Waals surface area (Å²) < 4.78 is 21.3. The van der Waals surface area contributed by atoms with E-state index in [-0.39, 0.29) is 24.1 Å². The van der Waals surface area contributed by atoms with Gasteiger partial charge < -0.3 is 10.1 Å². The van der Waals surface area contributed by atoms with Crippen LogP contribution in [0.1, 0.15) is 25.7 Å². The molecule has 1 N–H and O–H groups in total. The van der Waals surface area contributed by atoms with Gasteiger partial charge in [0.1, 0.15) is 19.0 Å². The maximum absolute atomic E-state index is 12.8. The van der Waals surface area contributed by atoms with Gasteiger partial charge in [0, 0.05) is 31.3 Å². The number of rotatable bonds is 7. The van der Waals surface area contributed by atoms with Gasteiger partial charge in [-0.3, -0.25) is 13.9 Å².